The lowest BCUT2D eigenvalue weighted by Crippen LogP contribution is -2.24. The predicted octanol–water partition coefficient (Wildman–Crippen LogP) is 3.19. The number of nitrogens with one attached hydrogen (secondary N) is 1. The number of fused-ring (bicyclic) bond motifs is 1. The van der Waals surface area contributed by atoms with Gasteiger partial charge in [0.1, 0.15) is 0 Å². The monoisotopic (exact) mass is 378 g/mol. The van der Waals surface area contributed by atoms with Gasteiger partial charge in [-0.05, 0) is 36.8 Å². The first-order valence-electron chi connectivity index (χ1n) is 9.30. The van der Waals surface area contributed by atoms with E-state index in [4.69, 9.17) is 0 Å². The van der Waals surface area contributed by atoms with Crippen LogP contribution in [0.4, 0.5) is 5.69 Å². The van der Waals surface area contributed by atoms with Crippen molar-refractivity contribution in [1.29, 1.82) is 0 Å². The van der Waals surface area contributed by atoms with Gasteiger partial charge in [0.2, 0.25) is 5.91 Å². The van der Waals surface area contributed by atoms with Crippen molar-refractivity contribution in [1.82, 2.24) is 14.5 Å². The van der Waals surface area contributed by atoms with E-state index in [2.05, 4.69) is 22.2 Å². The van der Waals surface area contributed by atoms with Crippen LogP contribution in [0.3, 0.4) is 0 Å². The van der Waals surface area contributed by atoms with E-state index in [9.17, 15) is 14.4 Å². The fraction of sp³-hybridized carbons (Fsp3) is 0.286. The molecule has 1 N–H and O–H groups in total. The molecule has 0 radical (unpaired) electrons. The van der Waals surface area contributed by atoms with Crippen molar-refractivity contribution in [2.75, 3.05) is 5.32 Å². The Balaban J connectivity index is 1.66. The lowest BCUT2D eigenvalue weighted by molar-refractivity contribution is -0.116. The highest BCUT2D eigenvalue weighted by Crippen LogP contribution is 2.12. The van der Waals surface area contributed by atoms with Crippen LogP contribution in [-0.2, 0) is 11.3 Å². The molecule has 0 fully saturated rings. The van der Waals surface area contributed by atoms with Crippen molar-refractivity contribution in [3.05, 3.63) is 65.0 Å². The molecule has 3 aromatic rings. The zero-order valence-corrected chi connectivity index (χ0v) is 15.7. The summed E-state index contributed by atoms with van der Waals surface area (Å²) in [5.41, 5.74) is 1.33. The van der Waals surface area contributed by atoms with Crippen LogP contribution >= 0.6 is 0 Å². The smallest absolute Gasteiger partial charge is 0.261 e. The van der Waals surface area contributed by atoms with Crippen molar-refractivity contribution in [3.63, 3.8) is 0 Å². The minimum atomic E-state index is -0.281. The van der Waals surface area contributed by atoms with Crippen LogP contribution in [-0.4, -0.2) is 26.2 Å². The highest BCUT2D eigenvalue weighted by atomic mass is 16.2. The molecule has 2 aromatic heterocycles. The molecular formula is C21H22N4O3. The number of pyridine rings is 1. The van der Waals surface area contributed by atoms with Crippen LogP contribution < -0.4 is 10.9 Å². The van der Waals surface area contributed by atoms with Gasteiger partial charge in [0, 0.05) is 23.9 Å². The topological polar surface area (TPSA) is 93.9 Å². The molecule has 0 aliphatic rings. The number of anilines is 1. The quantitative estimate of drug-likeness (QED) is 0.480. The van der Waals surface area contributed by atoms with E-state index in [1.54, 1.807) is 30.3 Å². The third-order valence-corrected chi connectivity index (χ3v) is 4.44. The maximum absolute atomic E-state index is 12.5. The molecule has 28 heavy (non-hydrogen) atoms. The number of hydrogen-bond donors (Lipinski definition) is 1. The summed E-state index contributed by atoms with van der Waals surface area (Å²) in [6.07, 6.45) is 7.84. The van der Waals surface area contributed by atoms with Crippen LogP contribution in [0, 0.1) is 0 Å². The molecule has 3 rings (SSSR count). The molecular weight excluding hydrogens is 356 g/mol. The average molecular weight is 378 g/mol. The first-order valence-corrected chi connectivity index (χ1v) is 9.30. The van der Waals surface area contributed by atoms with Crippen LogP contribution in [0.15, 0.2) is 53.8 Å². The summed E-state index contributed by atoms with van der Waals surface area (Å²) in [5.74, 6) is -0.242. The Bertz CT molecular complexity index is 1040. The van der Waals surface area contributed by atoms with Crippen molar-refractivity contribution in [2.45, 2.75) is 39.2 Å². The average Bonchev–Trinajstić information content (AvgIpc) is 2.71. The van der Waals surface area contributed by atoms with E-state index in [1.807, 2.05) is 0 Å². The molecule has 144 valence electrons. The van der Waals surface area contributed by atoms with E-state index in [0.29, 0.717) is 28.6 Å². The molecule has 1 amide bonds. The number of hydrogen-bond acceptors (Lipinski definition) is 5. The van der Waals surface area contributed by atoms with Crippen LogP contribution in [0.25, 0.3) is 10.9 Å². The summed E-state index contributed by atoms with van der Waals surface area (Å²) in [7, 11) is 0. The minimum absolute atomic E-state index is 0.0317. The van der Waals surface area contributed by atoms with Crippen molar-refractivity contribution in [3.8, 4) is 0 Å². The fourth-order valence-corrected chi connectivity index (χ4v) is 2.87. The summed E-state index contributed by atoms with van der Waals surface area (Å²) < 4.78 is 1.29. The first kappa shape index (κ1) is 19.4. The van der Waals surface area contributed by atoms with Gasteiger partial charge in [-0.1, -0.05) is 19.8 Å². The molecule has 7 heteroatoms. The Kier molecular flexibility index (Phi) is 6.26. The highest BCUT2D eigenvalue weighted by molar-refractivity contribution is 5.97. The predicted molar refractivity (Wildman–Crippen MR) is 107 cm³/mol. The Morgan fingerprint density at radius 3 is 2.64 bits per heavy atom. The molecule has 0 bridgehead atoms. The number of amides is 1. The van der Waals surface area contributed by atoms with Gasteiger partial charge >= 0.3 is 0 Å². The Labute approximate surface area is 162 Å². The third-order valence-electron chi connectivity index (χ3n) is 4.44. The van der Waals surface area contributed by atoms with Gasteiger partial charge < -0.3 is 5.32 Å². The summed E-state index contributed by atoms with van der Waals surface area (Å²) in [4.78, 5) is 45.0. The van der Waals surface area contributed by atoms with Gasteiger partial charge in [0.25, 0.3) is 5.56 Å². The molecule has 0 aliphatic carbocycles. The number of ketones is 1. The number of aromatic nitrogens is 3. The van der Waals surface area contributed by atoms with Gasteiger partial charge in [-0.3, -0.25) is 23.9 Å². The SMILES string of the molecule is CCCCCC(=O)Nc1ccc(C(=O)Cn2cnc3cnccc3c2=O)cc1. The van der Waals surface area contributed by atoms with Crippen molar-refractivity contribution < 1.29 is 9.59 Å². The number of carbonyl (C=O) groups excluding carboxylic acids is 2. The van der Waals surface area contributed by atoms with Crippen LogP contribution in [0.2, 0.25) is 0 Å². The number of rotatable bonds is 8. The summed E-state index contributed by atoms with van der Waals surface area (Å²) >= 11 is 0. The second-order valence-corrected chi connectivity index (χ2v) is 6.58. The number of Topliss-reactive ketones (excluding diaryl/α,β-unsaturated/α-hetero) is 1. The highest BCUT2D eigenvalue weighted by Gasteiger charge is 2.11. The van der Waals surface area contributed by atoms with Gasteiger partial charge in [-0.25, -0.2) is 4.98 Å². The molecule has 0 unspecified atom stereocenters. The zero-order valence-electron chi connectivity index (χ0n) is 15.7. The molecule has 0 atom stereocenters. The van der Waals surface area contributed by atoms with Crippen LogP contribution in [0.1, 0.15) is 43.0 Å². The molecule has 0 spiro atoms. The largest absolute Gasteiger partial charge is 0.326 e. The number of benzene rings is 1. The van der Waals surface area contributed by atoms with Crippen LogP contribution in [0.5, 0.6) is 0 Å². The Morgan fingerprint density at radius 2 is 1.89 bits per heavy atom. The van der Waals surface area contributed by atoms with Gasteiger partial charge in [-0.15, -0.1) is 0 Å². The summed E-state index contributed by atoms with van der Waals surface area (Å²) in [5, 5.41) is 3.25. The zero-order chi connectivity index (χ0) is 19.9. The van der Waals surface area contributed by atoms with E-state index in [1.165, 1.54) is 23.3 Å². The molecule has 1 aromatic carbocycles. The first-order chi connectivity index (χ1) is 13.6. The van der Waals surface area contributed by atoms with Crippen molar-refractivity contribution in [2.24, 2.45) is 0 Å². The van der Waals surface area contributed by atoms with E-state index in [0.717, 1.165) is 19.3 Å². The summed E-state index contributed by atoms with van der Waals surface area (Å²) in [6, 6.07) is 8.26. The second-order valence-electron chi connectivity index (χ2n) is 6.58. The second kappa shape index (κ2) is 9.03. The Morgan fingerprint density at radius 1 is 1.11 bits per heavy atom. The standard InChI is InChI=1S/C21H22N4O3/c1-2-3-4-5-20(27)24-16-8-6-15(7-9-16)19(26)13-25-14-23-18-12-22-11-10-17(18)21(25)28/h6-12,14H,2-5,13H2,1H3,(H,24,27). The number of carbonyl (C=O) groups is 2. The normalized spacial score (nSPS) is 10.8. The van der Waals surface area contributed by atoms with Crippen molar-refractivity contribution >= 4 is 28.3 Å². The fourth-order valence-electron chi connectivity index (χ4n) is 2.87. The molecule has 7 nitrogen and oxygen atoms in total. The van der Waals surface area contributed by atoms with E-state index >= 15 is 0 Å². The lowest BCUT2D eigenvalue weighted by Gasteiger charge is -2.08. The Hall–Kier alpha value is -3.35. The van der Waals surface area contributed by atoms with Gasteiger partial charge in [-0.2, -0.15) is 0 Å². The third kappa shape index (κ3) is 4.68. The maximum Gasteiger partial charge on any atom is 0.261 e. The van der Waals surface area contributed by atoms with Gasteiger partial charge in [0.05, 0.1) is 30.0 Å². The lowest BCUT2D eigenvalue weighted by atomic mass is 10.1. The molecule has 0 aliphatic heterocycles. The number of nitrogens with zero attached hydrogens (tertiary/aromatic N) is 3. The van der Waals surface area contributed by atoms with Gasteiger partial charge in [0.15, 0.2) is 5.78 Å². The van der Waals surface area contributed by atoms with E-state index in [-0.39, 0.29) is 23.8 Å². The summed E-state index contributed by atoms with van der Waals surface area (Å²) in [6.45, 7) is 1.99. The maximum atomic E-state index is 12.5. The van der Waals surface area contributed by atoms with E-state index < -0.39 is 0 Å². The molecule has 0 saturated heterocycles. The number of unbranched alkanes of at least 4 members (excludes halogenated alkanes) is 2. The molecule has 0 saturated carbocycles. The minimum Gasteiger partial charge on any atom is -0.326 e. The molecule has 2 heterocycles.